The van der Waals surface area contributed by atoms with Gasteiger partial charge in [0, 0.05) is 56.3 Å². The van der Waals surface area contributed by atoms with Crippen molar-refractivity contribution >= 4 is 28.2 Å². The lowest BCUT2D eigenvalue weighted by Crippen LogP contribution is -2.44. The summed E-state index contributed by atoms with van der Waals surface area (Å²) in [6, 6.07) is 5.57. The molecule has 0 saturated carbocycles. The molecule has 4 rings (SSSR count). The molecular formula is C25H36N4O5S. The number of fused-ring (bicyclic) bond motifs is 1. The van der Waals surface area contributed by atoms with Crippen molar-refractivity contribution < 1.29 is 18.9 Å². The number of aromatic amines is 1. The fourth-order valence-electron chi connectivity index (χ4n) is 4.58. The fourth-order valence-corrected chi connectivity index (χ4v) is 4.82. The first-order valence-corrected chi connectivity index (χ1v) is 12.7. The molecule has 0 spiro atoms. The van der Waals surface area contributed by atoms with E-state index in [0.717, 1.165) is 70.6 Å². The molecule has 3 heterocycles. The maximum absolute atomic E-state index is 13.0. The summed E-state index contributed by atoms with van der Waals surface area (Å²) in [6.07, 6.45) is 3.26. The van der Waals surface area contributed by atoms with Crippen molar-refractivity contribution in [1.29, 1.82) is 0 Å². The molecule has 2 aliphatic heterocycles. The topological polar surface area (TPSA) is 88.3 Å². The smallest absolute Gasteiger partial charge is 0.253 e. The van der Waals surface area contributed by atoms with E-state index in [1.807, 2.05) is 12.1 Å². The van der Waals surface area contributed by atoms with Crippen molar-refractivity contribution in [1.82, 2.24) is 20.1 Å². The molecule has 2 aliphatic rings. The molecule has 0 radical (unpaired) electrons. The number of aromatic nitrogens is 1. The highest BCUT2D eigenvalue weighted by Crippen LogP contribution is 2.31. The van der Waals surface area contributed by atoms with Crippen molar-refractivity contribution in [2.24, 2.45) is 0 Å². The predicted octanol–water partition coefficient (Wildman–Crippen LogP) is 2.12. The van der Waals surface area contributed by atoms with Gasteiger partial charge >= 0.3 is 0 Å². The van der Waals surface area contributed by atoms with Crippen LogP contribution in [-0.4, -0.2) is 92.8 Å². The summed E-state index contributed by atoms with van der Waals surface area (Å²) in [4.78, 5) is 20.5. The summed E-state index contributed by atoms with van der Waals surface area (Å²) < 4.78 is 22.0. The Morgan fingerprint density at radius 2 is 1.97 bits per heavy atom. The number of pyridine rings is 1. The molecule has 0 aliphatic carbocycles. The number of morpholine rings is 1. The second-order valence-corrected chi connectivity index (χ2v) is 9.36. The predicted molar refractivity (Wildman–Crippen MR) is 140 cm³/mol. The number of rotatable bonds is 10. The third-order valence-corrected chi connectivity index (χ3v) is 6.99. The molecule has 10 heteroatoms. The van der Waals surface area contributed by atoms with Crippen LogP contribution in [0.5, 0.6) is 11.5 Å². The Balaban J connectivity index is 1.49. The lowest BCUT2D eigenvalue weighted by molar-refractivity contribution is 0.0367. The number of hydrogen-bond donors (Lipinski definition) is 2. The quantitative estimate of drug-likeness (QED) is 0.473. The molecule has 9 nitrogen and oxygen atoms in total. The molecule has 1 aromatic carbocycles. The molecular weight excluding hydrogens is 468 g/mol. The minimum Gasteiger partial charge on any atom is -0.493 e. The lowest BCUT2D eigenvalue weighted by Gasteiger charge is -2.30. The van der Waals surface area contributed by atoms with Crippen molar-refractivity contribution in [3.8, 4) is 11.5 Å². The Kier molecular flexibility index (Phi) is 9.19. The second-order valence-electron chi connectivity index (χ2n) is 8.97. The van der Waals surface area contributed by atoms with Crippen LogP contribution >= 0.6 is 12.2 Å². The van der Waals surface area contributed by atoms with Crippen LogP contribution in [0.25, 0.3) is 10.9 Å². The van der Waals surface area contributed by atoms with Gasteiger partial charge in [0.2, 0.25) is 0 Å². The minimum atomic E-state index is -0.134. The summed E-state index contributed by atoms with van der Waals surface area (Å²) in [5.41, 5.74) is 1.22. The summed E-state index contributed by atoms with van der Waals surface area (Å²) in [7, 11) is 3.18. The molecule has 2 fully saturated rings. The number of nitrogens with zero attached hydrogens (tertiary/aromatic N) is 2. The average Bonchev–Trinajstić information content (AvgIpc) is 3.40. The summed E-state index contributed by atoms with van der Waals surface area (Å²) >= 11 is 5.77. The first-order chi connectivity index (χ1) is 17.1. The molecule has 0 bridgehead atoms. The molecule has 0 amide bonds. The maximum Gasteiger partial charge on any atom is 0.253 e. The van der Waals surface area contributed by atoms with Gasteiger partial charge in [-0.25, -0.2) is 0 Å². The number of benzene rings is 1. The van der Waals surface area contributed by atoms with E-state index in [-0.39, 0.29) is 11.7 Å². The largest absolute Gasteiger partial charge is 0.493 e. The van der Waals surface area contributed by atoms with Crippen LogP contribution in [0.2, 0.25) is 0 Å². The van der Waals surface area contributed by atoms with E-state index >= 15 is 0 Å². The van der Waals surface area contributed by atoms with Crippen LogP contribution in [-0.2, 0) is 16.0 Å². The van der Waals surface area contributed by atoms with Crippen LogP contribution in [0.1, 0.15) is 24.8 Å². The van der Waals surface area contributed by atoms with E-state index in [1.165, 1.54) is 0 Å². The zero-order valence-corrected chi connectivity index (χ0v) is 21.5. The zero-order valence-electron chi connectivity index (χ0n) is 20.6. The number of H-pyrrole nitrogens is 1. The van der Waals surface area contributed by atoms with E-state index < -0.39 is 0 Å². The highest BCUT2D eigenvalue weighted by molar-refractivity contribution is 7.80. The number of hydrogen-bond acceptors (Lipinski definition) is 7. The van der Waals surface area contributed by atoms with E-state index in [0.29, 0.717) is 40.8 Å². The van der Waals surface area contributed by atoms with E-state index in [4.69, 9.17) is 31.2 Å². The van der Waals surface area contributed by atoms with Gasteiger partial charge in [0.05, 0.1) is 45.6 Å². The molecule has 35 heavy (non-hydrogen) atoms. The van der Waals surface area contributed by atoms with E-state index in [2.05, 4.69) is 20.1 Å². The first kappa shape index (κ1) is 25.7. The second kappa shape index (κ2) is 12.5. The third kappa shape index (κ3) is 6.84. The Labute approximate surface area is 211 Å². The monoisotopic (exact) mass is 504 g/mol. The van der Waals surface area contributed by atoms with Gasteiger partial charge < -0.3 is 34.1 Å². The van der Waals surface area contributed by atoms with Crippen LogP contribution in [0, 0.1) is 0 Å². The van der Waals surface area contributed by atoms with Crippen LogP contribution in [0.15, 0.2) is 23.0 Å². The van der Waals surface area contributed by atoms with Gasteiger partial charge in [0.25, 0.3) is 5.56 Å². The SMILES string of the molecule is COc1cc2cc(CN(CCCN3CCOCC3)C(=S)NC[C@@H]3CCCO3)c(=O)[nH]c2cc1OC. The molecule has 2 N–H and O–H groups in total. The number of methoxy groups -OCH3 is 2. The zero-order chi connectivity index (χ0) is 24.6. The number of nitrogens with one attached hydrogen (secondary N) is 2. The first-order valence-electron chi connectivity index (χ1n) is 12.3. The summed E-state index contributed by atoms with van der Waals surface area (Å²) in [5.74, 6) is 1.20. The normalized spacial score (nSPS) is 18.5. The van der Waals surface area contributed by atoms with Crippen molar-refractivity contribution in [2.45, 2.75) is 31.9 Å². The van der Waals surface area contributed by atoms with Crippen LogP contribution in [0.4, 0.5) is 0 Å². The van der Waals surface area contributed by atoms with Gasteiger partial charge in [-0.15, -0.1) is 0 Å². The number of thiocarbonyl (C=S) groups is 1. The average molecular weight is 505 g/mol. The van der Waals surface area contributed by atoms with Gasteiger partial charge in [-0.05, 0) is 43.6 Å². The summed E-state index contributed by atoms with van der Waals surface area (Å²) in [5, 5.41) is 4.90. The van der Waals surface area contributed by atoms with E-state index in [1.54, 1.807) is 20.3 Å². The van der Waals surface area contributed by atoms with Crippen molar-refractivity contribution in [3.05, 3.63) is 34.1 Å². The van der Waals surface area contributed by atoms with Gasteiger partial charge in [0.1, 0.15) is 0 Å². The molecule has 2 saturated heterocycles. The molecule has 2 aromatic rings. The third-order valence-electron chi connectivity index (χ3n) is 6.58. The Morgan fingerprint density at radius 3 is 2.69 bits per heavy atom. The van der Waals surface area contributed by atoms with E-state index in [9.17, 15) is 4.79 Å². The standard InChI is InChI=1S/C25H36N4O5S/c1-31-22-14-18-13-19(24(30)27-21(18)15-23(22)32-2)17-29(7-4-6-28-8-11-33-12-9-28)25(35)26-16-20-5-3-10-34-20/h13-15,20H,3-12,16-17H2,1-2H3,(H,26,35)(H,27,30)/t20-/m0/s1. The Morgan fingerprint density at radius 1 is 1.20 bits per heavy atom. The minimum absolute atomic E-state index is 0.134. The summed E-state index contributed by atoms with van der Waals surface area (Å²) in [6.45, 7) is 7.11. The molecule has 192 valence electrons. The molecule has 1 atom stereocenters. The lowest BCUT2D eigenvalue weighted by atomic mass is 10.1. The van der Waals surface area contributed by atoms with Crippen molar-refractivity contribution in [3.63, 3.8) is 0 Å². The van der Waals surface area contributed by atoms with Gasteiger partial charge in [0.15, 0.2) is 16.6 Å². The van der Waals surface area contributed by atoms with Crippen LogP contribution in [0.3, 0.4) is 0 Å². The van der Waals surface area contributed by atoms with Gasteiger partial charge in [-0.3, -0.25) is 9.69 Å². The number of ether oxygens (including phenoxy) is 4. The Hall–Kier alpha value is -2.40. The highest BCUT2D eigenvalue weighted by Gasteiger charge is 2.19. The van der Waals surface area contributed by atoms with Gasteiger partial charge in [-0.1, -0.05) is 0 Å². The fraction of sp³-hybridized carbons (Fsp3) is 0.600. The Bertz CT molecular complexity index is 1050. The maximum atomic E-state index is 13.0. The van der Waals surface area contributed by atoms with Crippen LogP contribution < -0.4 is 20.3 Å². The van der Waals surface area contributed by atoms with Gasteiger partial charge in [-0.2, -0.15) is 0 Å². The highest BCUT2D eigenvalue weighted by atomic mass is 32.1. The molecule has 0 unspecified atom stereocenters. The van der Waals surface area contributed by atoms with Crippen molar-refractivity contribution in [2.75, 3.05) is 66.8 Å². The molecule has 1 aromatic heterocycles.